The van der Waals surface area contributed by atoms with E-state index in [0.29, 0.717) is 18.9 Å². The first-order valence-electron chi connectivity index (χ1n) is 8.37. The number of carbonyl (C=O) groups is 1. The summed E-state index contributed by atoms with van der Waals surface area (Å²) in [6.07, 6.45) is 2.30. The number of ether oxygens (including phenoxy) is 2. The Balaban J connectivity index is 1.53. The van der Waals surface area contributed by atoms with Crippen molar-refractivity contribution in [1.82, 2.24) is 5.32 Å². The molecule has 0 aromatic heterocycles. The predicted octanol–water partition coefficient (Wildman–Crippen LogP) is 3.31. The summed E-state index contributed by atoms with van der Waals surface area (Å²) in [6, 6.07) is 15.7. The van der Waals surface area contributed by atoms with Gasteiger partial charge in [-0.15, -0.1) is 0 Å². The molecule has 1 aliphatic heterocycles. The fourth-order valence-electron chi connectivity index (χ4n) is 3.10. The number of carbonyl (C=O) groups excluding carboxylic acids is 1. The van der Waals surface area contributed by atoms with Crippen molar-refractivity contribution in [3.63, 3.8) is 0 Å². The molecule has 2 aromatic carbocycles. The van der Waals surface area contributed by atoms with Gasteiger partial charge in [-0.1, -0.05) is 30.3 Å². The summed E-state index contributed by atoms with van der Waals surface area (Å²) in [5.74, 6) is 2.24. The van der Waals surface area contributed by atoms with Crippen LogP contribution in [0.2, 0.25) is 0 Å². The number of hydrogen-bond donors (Lipinski definition) is 1. The van der Waals surface area contributed by atoms with Gasteiger partial charge in [-0.3, -0.25) is 4.79 Å². The molecule has 2 aromatic rings. The van der Waals surface area contributed by atoms with Crippen LogP contribution in [0.25, 0.3) is 0 Å². The molecule has 0 saturated heterocycles. The molecule has 126 valence electrons. The van der Waals surface area contributed by atoms with Gasteiger partial charge >= 0.3 is 0 Å². The molecule has 0 aliphatic carbocycles. The third-order valence-electron chi connectivity index (χ3n) is 4.40. The highest BCUT2D eigenvalue weighted by Crippen LogP contribution is 2.37. The van der Waals surface area contributed by atoms with Crippen LogP contribution in [0.1, 0.15) is 29.9 Å². The molecule has 3 rings (SSSR count). The Bertz CT molecular complexity index is 685. The van der Waals surface area contributed by atoms with Crippen molar-refractivity contribution in [2.75, 3.05) is 20.3 Å². The molecule has 4 heteroatoms. The Morgan fingerprint density at radius 3 is 2.88 bits per heavy atom. The SMILES string of the molecule is COc1ccc2c(c1)C(CCNC(=O)Cc1ccccc1)CCO2. The first-order chi connectivity index (χ1) is 11.8. The molecule has 1 heterocycles. The van der Waals surface area contributed by atoms with Crippen molar-refractivity contribution < 1.29 is 14.3 Å². The average Bonchev–Trinajstić information content (AvgIpc) is 2.62. The van der Waals surface area contributed by atoms with Crippen molar-refractivity contribution in [2.24, 2.45) is 0 Å². The first-order valence-corrected chi connectivity index (χ1v) is 8.37. The summed E-state index contributed by atoms with van der Waals surface area (Å²) in [6.45, 7) is 1.40. The fraction of sp³-hybridized carbons (Fsp3) is 0.350. The van der Waals surface area contributed by atoms with E-state index in [-0.39, 0.29) is 5.91 Å². The van der Waals surface area contributed by atoms with E-state index in [9.17, 15) is 4.79 Å². The second kappa shape index (κ2) is 7.86. The van der Waals surface area contributed by atoms with Gasteiger partial charge in [0.25, 0.3) is 0 Å². The van der Waals surface area contributed by atoms with E-state index in [2.05, 4.69) is 5.32 Å². The molecular weight excluding hydrogens is 302 g/mol. The van der Waals surface area contributed by atoms with Crippen molar-refractivity contribution in [3.8, 4) is 11.5 Å². The molecule has 0 bridgehead atoms. The Kier molecular flexibility index (Phi) is 5.36. The largest absolute Gasteiger partial charge is 0.497 e. The summed E-state index contributed by atoms with van der Waals surface area (Å²) in [5, 5.41) is 3.03. The molecule has 24 heavy (non-hydrogen) atoms. The average molecular weight is 325 g/mol. The van der Waals surface area contributed by atoms with Gasteiger partial charge in [0.1, 0.15) is 11.5 Å². The maximum Gasteiger partial charge on any atom is 0.224 e. The van der Waals surface area contributed by atoms with Gasteiger partial charge < -0.3 is 14.8 Å². The number of methoxy groups -OCH3 is 1. The van der Waals surface area contributed by atoms with Crippen LogP contribution in [-0.2, 0) is 11.2 Å². The zero-order chi connectivity index (χ0) is 16.8. The summed E-state index contributed by atoms with van der Waals surface area (Å²) >= 11 is 0. The molecule has 0 radical (unpaired) electrons. The normalized spacial score (nSPS) is 16.0. The number of fused-ring (bicyclic) bond motifs is 1. The van der Waals surface area contributed by atoms with Gasteiger partial charge in [0, 0.05) is 12.1 Å². The maximum absolute atomic E-state index is 12.0. The third kappa shape index (κ3) is 4.07. The zero-order valence-electron chi connectivity index (χ0n) is 14.0. The maximum atomic E-state index is 12.0. The van der Waals surface area contributed by atoms with E-state index in [1.807, 2.05) is 48.5 Å². The van der Waals surface area contributed by atoms with Gasteiger partial charge in [0.15, 0.2) is 0 Å². The number of amides is 1. The summed E-state index contributed by atoms with van der Waals surface area (Å²) in [4.78, 5) is 12.0. The van der Waals surface area contributed by atoms with E-state index in [1.165, 1.54) is 5.56 Å². The predicted molar refractivity (Wildman–Crippen MR) is 93.6 cm³/mol. The second-order valence-corrected chi connectivity index (χ2v) is 6.04. The monoisotopic (exact) mass is 325 g/mol. The van der Waals surface area contributed by atoms with Gasteiger partial charge in [-0.05, 0) is 42.5 Å². The van der Waals surface area contributed by atoms with E-state index < -0.39 is 0 Å². The Hall–Kier alpha value is -2.49. The molecule has 0 saturated carbocycles. The lowest BCUT2D eigenvalue weighted by Crippen LogP contribution is -2.28. The number of benzene rings is 2. The highest BCUT2D eigenvalue weighted by molar-refractivity contribution is 5.78. The molecule has 1 N–H and O–H groups in total. The Morgan fingerprint density at radius 2 is 2.08 bits per heavy atom. The van der Waals surface area contributed by atoms with Crippen LogP contribution in [0.15, 0.2) is 48.5 Å². The van der Waals surface area contributed by atoms with Crippen LogP contribution in [0, 0.1) is 0 Å². The van der Waals surface area contributed by atoms with Gasteiger partial charge in [-0.2, -0.15) is 0 Å². The molecule has 0 fully saturated rings. The van der Waals surface area contributed by atoms with Gasteiger partial charge in [0.05, 0.1) is 20.1 Å². The zero-order valence-corrected chi connectivity index (χ0v) is 14.0. The van der Waals surface area contributed by atoms with Crippen molar-refractivity contribution in [1.29, 1.82) is 0 Å². The molecule has 1 unspecified atom stereocenters. The van der Waals surface area contributed by atoms with E-state index in [4.69, 9.17) is 9.47 Å². The van der Waals surface area contributed by atoms with Gasteiger partial charge in [0.2, 0.25) is 5.91 Å². The second-order valence-electron chi connectivity index (χ2n) is 6.04. The highest BCUT2D eigenvalue weighted by atomic mass is 16.5. The van der Waals surface area contributed by atoms with Gasteiger partial charge in [-0.25, -0.2) is 0 Å². The topological polar surface area (TPSA) is 47.6 Å². The Morgan fingerprint density at radius 1 is 1.25 bits per heavy atom. The third-order valence-corrected chi connectivity index (χ3v) is 4.40. The van der Waals surface area contributed by atoms with Crippen LogP contribution in [0.5, 0.6) is 11.5 Å². The minimum absolute atomic E-state index is 0.0686. The number of rotatable bonds is 6. The van der Waals surface area contributed by atoms with Crippen LogP contribution in [0.4, 0.5) is 0 Å². The lowest BCUT2D eigenvalue weighted by molar-refractivity contribution is -0.120. The number of nitrogens with one attached hydrogen (secondary N) is 1. The van der Waals surface area contributed by atoms with Crippen LogP contribution in [-0.4, -0.2) is 26.2 Å². The lowest BCUT2D eigenvalue weighted by Gasteiger charge is -2.26. The van der Waals surface area contributed by atoms with Crippen molar-refractivity contribution >= 4 is 5.91 Å². The van der Waals surface area contributed by atoms with Crippen molar-refractivity contribution in [2.45, 2.75) is 25.2 Å². The molecule has 1 aliphatic rings. The van der Waals surface area contributed by atoms with Crippen LogP contribution in [0.3, 0.4) is 0 Å². The van der Waals surface area contributed by atoms with Crippen LogP contribution < -0.4 is 14.8 Å². The molecular formula is C20H23NO3. The smallest absolute Gasteiger partial charge is 0.224 e. The van der Waals surface area contributed by atoms with E-state index in [1.54, 1.807) is 7.11 Å². The standard InChI is InChI=1S/C20H23NO3/c1-23-17-7-8-19-18(14-17)16(10-12-24-19)9-11-21-20(22)13-15-5-3-2-4-6-15/h2-8,14,16H,9-13H2,1H3,(H,21,22). The summed E-state index contributed by atoms with van der Waals surface area (Å²) in [5.41, 5.74) is 2.22. The molecule has 1 atom stereocenters. The lowest BCUT2D eigenvalue weighted by atomic mass is 9.90. The van der Waals surface area contributed by atoms with Crippen molar-refractivity contribution in [3.05, 3.63) is 59.7 Å². The fourth-order valence-corrected chi connectivity index (χ4v) is 3.10. The first kappa shape index (κ1) is 16.4. The summed E-state index contributed by atoms with van der Waals surface area (Å²) < 4.78 is 11.0. The highest BCUT2D eigenvalue weighted by Gasteiger charge is 2.22. The molecule has 0 spiro atoms. The Labute approximate surface area is 142 Å². The van der Waals surface area contributed by atoms with Crippen LogP contribution >= 0.6 is 0 Å². The van der Waals surface area contributed by atoms with E-state index in [0.717, 1.165) is 36.5 Å². The minimum atomic E-state index is 0.0686. The quantitative estimate of drug-likeness (QED) is 0.886. The number of hydrogen-bond acceptors (Lipinski definition) is 3. The molecule has 4 nitrogen and oxygen atoms in total. The minimum Gasteiger partial charge on any atom is -0.497 e. The summed E-state index contributed by atoms with van der Waals surface area (Å²) in [7, 11) is 1.67. The van der Waals surface area contributed by atoms with E-state index >= 15 is 0 Å². The molecule has 1 amide bonds.